The first kappa shape index (κ1) is 20.4. The molecule has 0 amide bonds. The number of nitrogens with zero attached hydrogens (tertiary/aromatic N) is 3. The standard InChI is InChI=1S/C24H24N4O3/c1-2-14-27-16-28(21-7-4-3-6-20(21)27)23-9-5-8-22(26-23)25-19(24(30)31)15-17-10-12-18(29)13-11-17/h3-13,16,19H,2,14-15H2,1H3,(H2-,25,26,29,30,31)/p+1. The number of carboxylic acids is 1. The Morgan fingerprint density at radius 2 is 1.87 bits per heavy atom. The minimum atomic E-state index is -0.965. The van der Waals surface area contributed by atoms with Gasteiger partial charge in [-0.05, 0) is 42.3 Å². The van der Waals surface area contributed by atoms with Gasteiger partial charge in [0.25, 0.3) is 6.33 Å². The van der Waals surface area contributed by atoms with Gasteiger partial charge >= 0.3 is 5.97 Å². The van der Waals surface area contributed by atoms with Crippen molar-refractivity contribution in [2.45, 2.75) is 32.4 Å². The minimum Gasteiger partial charge on any atom is -0.508 e. The number of imidazole rings is 1. The van der Waals surface area contributed by atoms with Crippen molar-refractivity contribution >= 4 is 22.8 Å². The van der Waals surface area contributed by atoms with Gasteiger partial charge in [-0.15, -0.1) is 0 Å². The van der Waals surface area contributed by atoms with Gasteiger partial charge in [-0.1, -0.05) is 37.3 Å². The Bertz CT molecular complexity index is 1200. The summed E-state index contributed by atoms with van der Waals surface area (Å²) in [6, 6.07) is 19.4. The second kappa shape index (κ2) is 8.87. The fourth-order valence-corrected chi connectivity index (χ4v) is 3.66. The molecular formula is C24H25N4O3+. The lowest BCUT2D eigenvalue weighted by atomic mass is 10.1. The van der Waals surface area contributed by atoms with Crippen molar-refractivity contribution < 1.29 is 19.6 Å². The van der Waals surface area contributed by atoms with Gasteiger partial charge in [0, 0.05) is 12.5 Å². The number of aromatic hydroxyl groups is 1. The van der Waals surface area contributed by atoms with Gasteiger partial charge in [0.2, 0.25) is 5.82 Å². The first-order valence-corrected chi connectivity index (χ1v) is 10.3. The van der Waals surface area contributed by atoms with Gasteiger partial charge in [-0.2, -0.15) is 9.55 Å². The minimum absolute atomic E-state index is 0.150. The Kier molecular flexibility index (Phi) is 5.84. The van der Waals surface area contributed by atoms with Crippen LogP contribution < -0.4 is 9.88 Å². The van der Waals surface area contributed by atoms with Crippen molar-refractivity contribution in [3.63, 3.8) is 0 Å². The molecule has 7 heteroatoms. The maximum atomic E-state index is 11.8. The Morgan fingerprint density at radius 1 is 1.10 bits per heavy atom. The lowest BCUT2D eigenvalue weighted by molar-refractivity contribution is -0.671. The Morgan fingerprint density at radius 3 is 2.61 bits per heavy atom. The quantitative estimate of drug-likeness (QED) is 0.382. The van der Waals surface area contributed by atoms with E-state index in [-0.39, 0.29) is 12.2 Å². The molecule has 0 radical (unpaired) electrons. The molecule has 0 aliphatic carbocycles. The van der Waals surface area contributed by atoms with Crippen molar-refractivity contribution in [2.75, 3.05) is 5.32 Å². The van der Waals surface area contributed by atoms with Crippen LogP contribution in [-0.2, 0) is 17.8 Å². The number of phenols is 1. The molecule has 3 N–H and O–H groups in total. The van der Waals surface area contributed by atoms with E-state index in [0.717, 1.165) is 29.6 Å². The zero-order chi connectivity index (χ0) is 21.8. The van der Waals surface area contributed by atoms with Gasteiger partial charge in [-0.3, -0.25) is 0 Å². The highest BCUT2D eigenvalue weighted by Gasteiger charge is 2.21. The molecule has 0 saturated heterocycles. The highest BCUT2D eigenvalue weighted by Crippen LogP contribution is 2.18. The molecule has 0 fully saturated rings. The summed E-state index contributed by atoms with van der Waals surface area (Å²) in [5.74, 6) is 0.387. The van der Waals surface area contributed by atoms with Crippen LogP contribution in [0, 0.1) is 0 Å². The van der Waals surface area contributed by atoms with E-state index < -0.39 is 12.0 Å². The van der Waals surface area contributed by atoms with Crippen molar-refractivity contribution in [2.24, 2.45) is 0 Å². The molecule has 4 aromatic rings. The number of para-hydroxylation sites is 2. The number of nitrogens with one attached hydrogen (secondary N) is 1. The fourth-order valence-electron chi connectivity index (χ4n) is 3.66. The third-order valence-electron chi connectivity index (χ3n) is 5.15. The second-order valence-corrected chi connectivity index (χ2v) is 7.45. The highest BCUT2D eigenvalue weighted by molar-refractivity contribution is 5.77. The van der Waals surface area contributed by atoms with E-state index in [1.54, 1.807) is 30.3 Å². The van der Waals surface area contributed by atoms with Crippen LogP contribution in [-0.4, -0.2) is 31.8 Å². The predicted molar refractivity (Wildman–Crippen MR) is 118 cm³/mol. The summed E-state index contributed by atoms with van der Waals surface area (Å²) in [7, 11) is 0. The average Bonchev–Trinajstić information content (AvgIpc) is 3.14. The number of carbonyl (C=O) groups is 1. The molecule has 1 unspecified atom stereocenters. The molecule has 7 nitrogen and oxygen atoms in total. The van der Waals surface area contributed by atoms with E-state index in [0.29, 0.717) is 11.6 Å². The molecule has 0 spiro atoms. The average molecular weight is 417 g/mol. The largest absolute Gasteiger partial charge is 0.508 e. The third kappa shape index (κ3) is 4.50. The molecule has 0 aliphatic rings. The Balaban J connectivity index is 1.63. The van der Waals surface area contributed by atoms with Crippen LogP contribution in [0.15, 0.2) is 73.1 Å². The number of fused-ring (bicyclic) bond motifs is 1. The molecule has 1 atom stereocenters. The van der Waals surface area contributed by atoms with Crippen LogP contribution in [0.5, 0.6) is 5.75 Å². The van der Waals surface area contributed by atoms with E-state index in [4.69, 9.17) is 0 Å². The van der Waals surface area contributed by atoms with Gasteiger partial charge in [0.05, 0.1) is 6.54 Å². The molecule has 2 aromatic carbocycles. The maximum absolute atomic E-state index is 11.8. The van der Waals surface area contributed by atoms with Crippen LogP contribution in [0.3, 0.4) is 0 Å². The lowest BCUT2D eigenvalue weighted by Gasteiger charge is -2.15. The van der Waals surface area contributed by atoms with Crippen molar-refractivity contribution in [1.82, 2.24) is 9.55 Å². The van der Waals surface area contributed by atoms with Crippen molar-refractivity contribution in [3.05, 3.63) is 78.6 Å². The number of pyridine rings is 1. The highest BCUT2D eigenvalue weighted by atomic mass is 16.4. The van der Waals surface area contributed by atoms with Gasteiger partial charge in [-0.25, -0.2) is 9.36 Å². The number of anilines is 1. The third-order valence-corrected chi connectivity index (χ3v) is 5.15. The first-order valence-electron chi connectivity index (χ1n) is 10.3. The summed E-state index contributed by atoms with van der Waals surface area (Å²) in [4.78, 5) is 16.5. The maximum Gasteiger partial charge on any atom is 0.326 e. The molecule has 0 bridgehead atoms. The number of aromatic nitrogens is 3. The van der Waals surface area contributed by atoms with E-state index in [2.05, 4.69) is 27.9 Å². The number of aryl methyl sites for hydroxylation is 1. The molecule has 0 aliphatic heterocycles. The van der Waals surface area contributed by atoms with Gasteiger partial charge in [0.1, 0.15) is 17.6 Å². The molecule has 2 aromatic heterocycles. The Labute approximate surface area is 180 Å². The normalized spacial score (nSPS) is 12.0. The number of aliphatic carboxylic acids is 1. The molecular weight excluding hydrogens is 392 g/mol. The number of hydrogen-bond acceptors (Lipinski definition) is 4. The van der Waals surface area contributed by atoms with E-state index >= 15 is 0 Å². The van der Waals surface area contributed by atoms with Crippen LogP contribution in [0.2, 0.25) is 0 Å². The predicted octanol–water partition coefficient (Wildman–Crippen LogP) is 3.54. The van der Waals surface area contributed by atoms with Crippen LogP contribution in [0.4, 0.5) is 5.82 Å². The fraction of sp³-hybridized carbons (Fsp3) is 0.208. The molecule has 4 rings (SSSR count). The van der Waals surface area contributed by atoms with Crippen molar-refractivity contribution in [1.29, 1.82) is 0 Å². The second-order valence-electron chi connectivity index (χ2n) is 7.45. The SMILES string of the molecule is CCC[n+]1cn(-c2cccc(NC(Cc3ccc(O)cc3)C(=O)O)n2)c2ccccc21. The van der Waals surface area contributed by atoms with E-state index in [1.165, 1.54) is 0 Å². The Hall–Kier alpha value is -3.87. The number of rotatable bonds is 8. The molecule has 158 valence electrons. The lowest BCUT2D eigenvalue weighted by Crippen LogP contribution is -2.32. The van der Waals surface area contributed by atoms with Gasteiger partial charge < -0.3 is 15.5 Å². The van der Waals surface area contributed by atoms with Crippen LogP contribution in [0.25, 0.3) is 16.9 Å². The summed E-state index contributed by atoms with van der Waals surface area (Å²) < 4.78 is 4.22. The monoisotopic (exact) mass is 417 g/mol. The molecule has 31 heavy (non-hydrogen) atoms. The number of hydrogen-bond donors (Lipinski definition) is 3. The summed E-state index contributed by atoms with van der Waals surface area (Å²) in [6.07, 6.45) is 3.32. The van der Waals surface area contributed by atoms with Crippen LogP contribution >= 0.6 is 0 Å². The summed E-state index contributed by atoms with van der Waals surface area (Å²) >= 11 is 0. The number of carboxylic acid groups (broad SMARTS) is 1. The topological polar surface area (TPSA) is 91.3 Å². The summed E-state index contributed by atoms with van der Waals surface area (Å²) in [5.41, 5.74) is 2.98. The van der Waals surface area contributed by atoms with Gasteiger partial charge in [0.15, 0.2) is 11.0 Å². The first-order chi connectivity index (χ1) is 15.0. The zero-order valence-corrected chi connectivity index (χ0v) is 17.3. The smallest absolute Gasteiger partial charge is 0.326 e. The van der Waals surface area contributed by atoms with Crippen LogP contribution in [0.1, 0.15) is 18.9 Å². The van der Waals surface area contributed by atoms with E-state index in [9.17, 15) is 15.0 Å². The van der Waals surface area contributed by atoms with Crippen molar-refractivity contribution in [3.8, 4) is 11.6 Å². The number of benzene rings is 2. The molecule has 0 saturated carbocycles. The summed E-state index contributed by atoms with van der Waals surface area (Å²) in [5, 5.41) is 22.2. The summed E-state index contributed by atoms with van der Waals surface area (Å²) in [6.45, 7) is 3.04. The molecule has 2 heterocycles. The number of phenolic OH excluding ortho intramolecular Hbond substituents is 1. The zero-order valence-electron chi connectivity index (χ0n) is 17.3. The van der Waals surface area contributed by atoms with E-state index in [1.807, 2.05) is 41.2 Å².